The minimum absolute atomic E-state index is 0.236. The summed E-state index contributed by atoms with van der Waals surface area (Å²) in [6, 6.07) is 7.20. The van der Waals surface area contributed by atoms with Gasteiger partial charge in [-0.2, -0.15) is 5.10 Å². The molecule has 4 aromatic rings. The van der Waals surface area contributed by atoms with E-state index >= 15 is 0 Å². The average molecular weight is 369 g/mol. The molecule has 130 valence electrons. The van der Waals surface area contributed by atoms with Gasteiger partial charge >= 0.3 is 5.97 Å². The highest BCUT2D eigenvalue weighted by molar-refractivity contribution is 6.32. The number of carbonyl (C=O) groups is 1. The third-order valence-electron chi connectivity index (χ3n) is 4.16. The first-order chi connectivity index (χ1) is 12.5. The van der Waals surface area contributed by atoms with Crippen LogP contribution in [0.4, 0.5) is 0 Å². The van der Waals surface area contributed by atoms with E-state index in [9.17, 15) is 9.59 Å². The Morgan fingerprint density at radius 1 is 1.23 bits per heavy atom. The molecule has 0 spiro atoms. The van der Waals surface area contributed by atoms with Crippen molar-refractivity contribution >= 4 is 34.1 Å². The molecular formula is C18H13ClN4O3. The fraction of sp³-hybridized carbons (Fsp3) is 0.111. The standard InChI is InChI=1S/C18H13ClN4O3/c1-10-3-4-15(13(19)7-10)22-6-5-14-11(17(22)24)8-20-16-12(18(25)26-2)9-21-23(14)16/h3-9H,1-2H3. The molecule has 0 N–H and O–H groups in total. The van der Waals surface area contributed by atoms with Crippen LogP contribution in [-0.2, 0) is 4.74 Å². The molecular weight excluding hydrogens is 356 g/mol. The Hall–Kier alpha value is -3.19. The minimum atomic E-state index is -0.536. The molecule has 26 heavy (non-hydrogen) atoms. The Morgan fingerprint density at radius 3 is 2.77 bits per heavy atom. The molecule has 1 aromatic carbocycles. The summed E-state index contributed by atoms with van der Waals surface area (Å²) in [6.45, 7) is 1.93. The van der Waals surface area contributed by atoms with Crippen LogP contribution in [0, 0.1) is 6.92 Å². The second-order valence-corrected chi connectivity index (χ2v) is 6.20. The summed E-state index contributed by atoms with van der Waals surface area (Å²) in [7, 11) is 1.29. The van der Waals surface area contributed by atoms with Crippen LogP contribution in [0.3, 0.4) is 0 Å². The zero-order chi connectivity index (χ0) is 18.4. The number of halogens is 1. The number of ether oxygens (including phenoxy) is 1. The largest absolute Gasteiger partial charge is 0.465 e. The third-order valence-corrected chi connectivity index (χ3v) is 4.47. The molecule has 7 nitrogen and oxygen atoms in total. The maximum Gasteiger partial charge on any atom is 0.343 e. The van der Waals surface area contributed by atoms with Gasteiger partial charge in [0, 0.05) is 12.4 Å². The van der Waals surface area contributed by atoms with E-state index in [2.05, 4.69) is 10.1 Å². The fourth-order valence-corrected chi connectivity index (χ4v) is 3.19. The molecule has 0 aliphatic carbocycles. The zero-order valence-corrected chi connectivity index (χ0v) is 14.7. The first kappa shape index (κ1) is 16.3. The predicted molar refractivity (Wildman–Crippen MR) is 97.2 cm³/mol. The number of esters is 1. The lowest BCUT2D eigenvalue weighted by atomic mass is 10.2. The number of rotatable bonds is 2. The number of carbonyl (C=O) groups excluding carboxylic acids is 1. The highest BCUT2D eigenvalue weighted by Crippen LogP contribution is 2.22. The topological polar surface area (TPSA) is 78.5 Å². The van der Waals surface area contributed by atoms with Gasteiger partial charge in [0.25, 0.3) is 5.56 Å². The summed E-state index contributed by atoms with van der Waals surface area (Å²) < 4.78 is 7.63. The number of methoxy groups -OCH3 is 1. The lowest BCUT2D eigenvalue weighted by Crippen LogP contribution is -2.19. The van der Waals surface area contributed by atoms with Gasteiger partial charge in [0.2, 0.25) is 0 Å². The second kappa shape index (κ2) is 5.96. The van der Waals surface area contributed by atoms with Gasteiger partial charge in [-0.1, -0.05) is 17.7 Å². The molecule has 0 aliphatic heterocycles. The summed E-state index contributed by atoms with van der Waals surface area (Å²) in [5.74, 6) is -0.536. The van der Waals surface area contributed by atoms with Gasteiger partial charge in [0.1, 0.15) is 5.56 Å². The molecule has 0 atom stereocenters. The Balaban J connectivity index is 1.98. The van der Waals surface area contributed by atoms with Crippen LogP contribution in [0.15, 0.2) is 47.7 Å². The molecule has 4 rings (SSSR count). The van der Waals surface area contributed by atoms with Gasteiger partial charge in [-0.05, 0) is 30.7 Å². The van der Waals surface area contributed by atoms with E-state index < -0.39 is 5.97 Å². The van der Waals surface area contributed by atoms with Crippen molar-refractivity contribution in [2.75, 3.05) is 7.11 Å². The molecule has 0 saturated heterocycles. The van der Waals surface area contributed by atoms with E-state index in [1.54, 1.807) is 24.4 Å². The van der Waals surface area contributed by atoms with Gasteiger partial charge in [-0.25, -0.2) is 14.3 Å². The highest BCUT2D eigenvalue weighted by atomic mass is 35.5. The van der Waals surface area contributed by atoms with E-state index in [4.69, 9.17) is 16.3 Å². The molecule has 0 unspecified atom stereocenters. The van der Waals surface area contributed by atoms with Crippen molar-refractivity contribution in [3.05, 3.63) is 69.4 Å². The number of pyridine rings is 1. The van der Waals surface area contributed by atoms with Crippen molar-refractivity contribution in [1.29, 1.82) is 0 Å². The second-order valence-electron chi connectivity index (χ2n) is 5.79. The molecule has 8 heteroatoms. The van der Waals surface area contributed by atoms with Crippen LogP contribution in [0.25, 0.3) is 22.2 Å². The Bertz CT molecular complexity index is 1240. The Kier molecular flexibility index (Phi) is 3.73. The normalized spacial score (nSPS) is 11.2. The van der Waals surface area contributed by atoms with Gasteiger partial charge in [0.15, 0.2) is 5.65 Å². The number of nitrogens with zero attached hydrogens (tertiary/aromatic N) is 4. The Morgan fingerprint density at radius 2 is 2.04 bits per heavy atom. The van der Waals surface area contributed by atoms with Crippen LogP contribution >= 0.6 is 11.6 Å². The van der Waals surface area contributed by atoms with Crippen molar-refractivity contribution in [3.63, 3.8) is 0 Å². The average Bonchev–Trinajstić information content (AvgIpc) is 3.06. The van der Waals surface area contributed by atoms with Gasteiger partial charge < -0.3 is 4.74 Å². The molecule has 3 aromatic heterocycles. The van der Waals surface area contributed by atoms with Crippen LogP contribution in [0.5, 0.6) is 0 Å². The number of fused-ring (bicyclic) bond motifs is 3. The fourth-order valence-electron chi connectivity index (χ4n) is 2.87. The van der Waals surface area contributed by atoms with E-state index in [1.807, 2.05) is 13.0 Å². The first-order valence-electron chi connectivity index (χ1n) is 7.74. The summed E-state index contributed by atoms with van der Waals surface area (Å²) in [4.78, 5) is 29.0. The number of benzene rings is 1. The van der Waals surface area contributed by atoms with Crippen molar-refractivity contribution in [2.24, 2.45) is 0 Å². The third kappa shape index (κ3) is 2.36. The summed E-state index contributed by atoms with van der Waals surface area (Å²) in [6.07, 6.45) is 4.43. The molecule has 0 amide bonds. The molecule has 3 heterocycles. The Labute approximate surface area is 152 Å². The smallest absolute Gasteiger partial charge is 0.343 e. The summed E-state index contributed by atoms with van der Waals surface area (Å²) >= 11 is 6.29. The van der Waals surface area contributed by atoms with E-state index in [0.29, 0.717) is 27.3 Å². The van der Waals surface area contributed by atoms with Crippen LogP contribution in [0.1, 0.15) is 15.9 Å². The number of hydrogen-bond acceptors (Lipinski definition) is 5. The minimum Gasteiger partial charge on any atom is -0.465 e. The molecule has 0 fully saturated rings. The van der Waals surface area contributed by atoms with Crippen LogP contribution < -0.4 is 5.56 Å². The van der Waals surface area contributed by atoms with Gasteiger partial charge in [0.05, 0.1) is 34.9 Å². The molecule has 0 bridgehead atoms. The number of aryl methyl sites for hydroxylation is 1. The quantitative estimate of drug-likeness (QED) is 0.508. The SMILES string of the molecule is COC(=O)c1cnn2c1ncc1c(=O)n(-c3ccc(C)cc3Cl)ccc12. The molecule has 0 radical (unpaired) electrons. The first-order valence-corrected chi connectivity index (χ1v) is 8.12. The van der Waals surface area contributed by atoms with Crippen molar-refractivity contribution in [3.8, 4) is 5.69 Å². The van der Waals surface area contributed by atoms with E-state index in [1.165, 1.54) is 28.6 Å². The van der Waals surface area contributed by atoms with Crippen molar-refractivity contribution in [2.45, 2.75) is 6.92 Å². The lowest BCUT2D eigenvalue weighted by molar-refractivity contribution is 0.0602. The maximum atomic E-state index is 12.9. The summed E-state index contributed by atoms with van der Waals surface area (Å²) in [5, 5.41) is 5.00. The monoisotopic (exact) mass is 368 g/mol. The maximum absolute atomic E-state index is 12.9. The molecule has 0 saturated carbocycles. The van der Waals surface area contributed by atoms with Gasteiger partial charge in [-0.3, -0.25) is 9.36 Å². The molecule has 0 aliphatic rings. The lowest BCUT2D eigenvalue weighted by Gasteiger charge is -2.10. The van der Waals surface area contributed by atoms with Crippen molar-refractivity contribution in [1.82, 2.24) is 19.2 Å². The van der Waals surface area contributed by atoms with Crippen LogP contribution in [-0.4, -0.2) is 32.2 Å². The predicted octanol–water partition coefficient (Wildman–Crippen LogP) is 2.78. The van der Waals surface area contributed by atoms with E-state index in [-0.39, 0.29) is 11.1 Å². The van der Waals surface area contributed by atoms with Crippen LogP contribution in [0.2, 0.25) is 5.02 Å². The summed E-state index contributed by atoms with van der Waals surface area (Å²) in [5.41, 5.74) is 2.41. The number of aromatic nitrogens is 4. The highest BCUT2D eigenvalue weighted by Gasteiger charge is 2.17. The van der Waals surface area contributed by atoms with E-state index in [0.717, 1.165) is 5.56 Å². The zero-order valence-electron chi connectivity index (χ0n) is 13.9. The van der Waals surface area contributed by atoms with Crippen molar-refractivity contribution < 1.29 is 9.53 Å². The number of hydrogen-bond donors (Lipinski definition) is 0. The van der Waals surface area contributed by atoms with Gasteiger partial charge in [-0.15, -0.1) is 0 Å².